The maximum atomic E-state index is 6.29. The van der Waals surface area contributed by atoms with Crippen LogP contribution < -0.4 is 5.32 Å². The number of nitrogens with zero attached hydrogens (tertiary/aromatic N) is 5. The van der Waals surface area contributed by atoms with Crippen molar-refractivity contribution in [3.63, 3.8) is 0 Å². The maximum absolute atomic E-state index is 6.29. The molecule has 0 aliphatic heterocycles. The third-order valence-corrected chi connectivity index (χ3v) is 3.29. The second-order valence-electron chi connectivity index (χ2n) is 4.73. The summed E-state index contributed by atoms with van der Waals surface area (Å²) in [6.07, 6.45) is 5.11. The number of hydrogen-bond donors (Lipinski definition) is 1. The smallest absolute Gasteiger partial charge is 0.151 e. The predicted octanol–water partition coefficient (Wildman–Crippen LogP) is 1.20. The first-order valence-corrected chi connectivity index (χ1v) is 6.81. The van der Waals surface area contributed by atoms with Crippen molar-refractivity contribution < 1.29 is 0 Å². The van der Waals surface area contributed by atoms with Crippen molar-refractivity contribution in [2.24, 2.45) is 0 Å². The van der Waals surface area contributed by atoms with Gasteiger partial charge in [0.2, 0.25) is 0 Å². The summed E-state index contributed by atoms with van der Waals surface area (Å²) in [6, 6.07) is 1.62. The number of aromatic nitrogens is 4. The highest BCUT2D eigenvalue weighted by atomic mass is 35.5. The summed E-state index contributed by atoms with van der Waals surface area (Å²) in [5, 5.41) is 8.17. The van der Waals surface area contributed by atoms with Gasteiger partial charge in [-0.05, 0) is 27.2 Å². The summed E-state index contributed by atoms with van der Waals surface area (Å²) in [5.74, 6) is 0.684. The number of likely N-dealkylation sites (N-methyl/N-ethyl adjacent to an activating group) is 1. The minimum absolute atomic E-state index is 0.173. The molecule has 2 aromatic rings. The average Bonchev–Trinajstić information content (AvgIpc) is 2.80. The van der Waals surface area contributed by atoms with E-state index in [-0.39, 0.29) is 6.04 Å². The number of rotatable bonds is 6. The van der Waals surface area contributed by atoms with Crippen LogP contribution in [0, 0.1) is 0 Å². The lowest BCUT2D eigenvalue weighted by molar-refractivity contribution is 0.365. The fourth-order valence-corrected chi connectivity index (χ4v) is 2.23. The Bertz CT molecular complexity index is 539. The molecular weight excluding hydrogens is 276 g/mol. The van der Waals surface area contributed by atoms with E-state index in [9.17, 15) is 0 Å². The van der Waals surface area contributed by atoms with Crippen LogP contribution in [-0.2, 0) is 6.54 Å². The molecule has 6 nitrogen and oxygen atoms in total. The van der Waals surface area contributed by atoms with Gasteiger partial charge in [0.15, 0.2) is 5.82 Å². The standard InChI is InChI=1S/C13H19ClN6/c1-15-11(13-16-5-4-6-17-13)12-10(14)9-18-20(12)8-7-19(2)3/h4-6,9,11,15H,7-8H2,1-3H3. The largest absolute Gasteiger partial charge is 0.308 e. The first-order chi connectivity index (χ1) is 9.63. The second kappa shape index (κ2) is 6.78. The molecule has 0 amide bonds. The van der Waals surface area contributed by atoms with E-state index in [1.165, 1.54) is 0 Å². The third-order valence-electron chi connectivity index (χ3n) is 3.00. The van der Waals surface area contributed by atoms with Crippen molar-refractivity contribution >= 4 is 11.6 Å². The van der Waals surface area contributed by atoms with Gasteiger partial charge in [-0.3, -0.25) is 4.68 Å². The summed E-state index contributed by atoms with van der Waals surface area (Å²) < 4.78 is 1.90. The normalized spacial score (nSPS) is 12.8. The summed E-state index contributed by atoms with van der Waals surface area (Å²) in [7, 11) is 5.92. The molecule has 0 aliphatic rings. The van der Waals surface area contributed by atoms with Gasteiger partial charge in [-0.1, -0.05) is 11.6 Å². The Morgan fingerprint density at radius 2 is 2.05 bits per heavy atom. The van der Waals surface area contributed by atoms with Gasteiger partial charge in [0.05, 0.1) is 23.5 Å². The lowest BCUT2D eigenvalue weighted by Gasteiger charge is -2.18. The third kappa shape index (κ3) is 3.33. The maximum Gasteiger partial charge on any atom is 0.151 e. The lowest BCUT2D eigenvalue weighted by Crippen LogP contribution is -2.26. The topological polar surface area (TPSA) is 58.9 Å². The van der Waals surface area contributed by atoms with Gasteiger partial charge in [0.1, 0.15) is 6.04 Å². The molecule has 2 heterocycles. The van der Waals surface area contributed by atoms with Crippen molar-refractivity contribution in [2.75, 3.05) is 27.7 Å². The molecule has 0 spiro atoms. The second-order valence-corrected chi connectivity index (χ2v) is 5.14. The Morgan fingerprint density at radius 1 is 1.35 bits per heavy atom. The van der Waals surface area contributed by atoms with E-state index < -0.39 is 0 Å². The average molecular weight is 295 g/mol. The van der Waals surface area contributed by atoms with Crippen molar-refractivity contribution in [3.05, 3.63) is 41.2 Å². The first-order valence-electron chi connectivity index (χ1n) is 6.43. The minimum Gasteiger partial charge on any atom is -0.308 e. The molecule has 0 saturated carbocycles. The van der Waals surface area contributed by atoms with Crippen LogP contribution in [0.4, 0.5) is 0 Å². The molecule has 7 heteroatoms. The molecule has 1 atom stereocenters. The van der Waals surface area contributed by atoms with E-state index in [2.05, 4.69) is 25.3 Å². The highest BCUT2D eigenvalue weighted by molar-refractivity contribution is 6.31. The Hall–Kier alpha value is -1.50. The molecule has 0 aromatic carbocycles. The van der Waals surface area contributed by atoms with Crippen molar-refractivity contribution in [2.45, 2.75) is 12.6 Å². The van der Waals surface area contributed by atoms with Crippen LogP contribution in [0.3, 0.4) is 0 Å². The molecule has 0 radical (unpaired) electrons. The Balaban J connectivity index is 2.32. The predicted molar refractivity (Wildman–Crippen MR) is 78.7 cm³/mol. The first kappa shape index (κ1) is 14.9. The zero-order chi connectivity index (χ0) is 14.5. The van der Waals surface area contributed by atoms with Gasteiger partial charge < -0.3 is 10.2 Å². The molecule has 2 rings (SSSR count). The van der Waals surface area contributed by atoms with Crippen molar-refractivity contribution in [1.29, 1.82) is 0 Å². The van der Waals surface area contributed by atoms with Gasteiger partial charge in [0, 0.05) is 18.9 Å². The van der Waals surface area contributed by atoms with Crippen LogP contribution in [-0.4, -0.2) is 52.3 Å². The minimum atomic E-state index is -0.173. The van der Waals surface area contributed by atoms with Crippen molar-refractivity contribution in [1.82, 2.24) is 30.0 Å². The SMILES string of the molecule is CNC(c1ncccn1)c1c(Cl)cnn1CCN(C)C. The van der Waals surface area contributed by atoms with Gasteiger partial charge in [-0.15, -0.1) is 0 Å². The summed E-state index contributed by atoms with van der Waals surface area (Å²) >= 11 is 6.29. The highest BCUT2D eigenvalue weighted by Crippen LogP contribution is 2.25. The quantitative estimate of drug-likeness (QED) is 0.867. The zero-order valence-corrected chi connectivity index (χ0v) is 12.7. The Labute approximate surface area is 123 Å². The fraction of sp³-hybridized carbons (Fsp3) is 0.462. The molecule has 1 N–H and O–H groups in total. The Morgan fingerprint density at radius 3 is 2.65 bits per heavy atom. The summed E-state index contributed by atoms with van der Waals surface area (Å²) in [4.78, 5) is 10.7. The zero-order valence-electron chi connectivity index (χ0n) is 11.9. The van der Waals surface area contributed by atoms with Gasteiger partial charge in [-0.2, -0.15) is 5.10 Å². The van der Waals surface area contributed by atoms with Crippen LogP contribution in [0.5, 0.6) is 0 Å². The van der Waals surface area contributed by atoms with Crippen LogP contribution in [0.2, 0.25) is 5.02 Å². The molecule has 1 unspecified atom stereocenters. The summed E-state index contributed by atoms with van der Waals surface area (Å²) in [5.41, 5.74) is 0.891. The van der Waals surface area contributed by atoms with Gasteiger partial charge >= 0.3 is 0 Å². The van der Waals surface area contributed by atoms with Crippen molar-refractivity contribution in [3.8, 4) is 0 Å². The molecular formula is C13H19ClN6. The monoisotopic (exact) mass is 294 g/mol. The van der Waals surface area contributed by atoms with Crippen LogP contribution in [0.25, 0.3) is 0 Å². The molecule has 0 bridgehead atoms. The van der Waals surface area contributed by atoms with E-state index in [4.69, 9.17) is 11.6 Å². The molecule has 0 aliphatic carbocycles. The van der Waals surface area contributed by atoms with E-state index in [0.29, 0.717) is 10.8 Å². The molecule has 2 aromatic heterocycles. The number of nitrogens with one attached hydrogen (secondary N) is 1. The number of hydrogen-bond acceptors (Lipinski definition) is 5. The highest BCUT2D eigenvalue weighted by Gasteiger charge is 2.22. The van der Waals surface area contributed by atoms with E-state index in [1.807, 2.05) is 25.8 Å². The van der Waals surface area contributed by atoms with E-state index >= 15 is 0 Å². The van der Waals surface area contributed by atoms with Crippen LogP contribution >= 0.6 is 11.6 Å². The van der Waals surface area contributed by atoms with Crippen LogP contribution in [0.1, 0.15) is 17.6 Å². The molecule has 20 heavy (non-hydrogen) atoms. The van der Waals surface area contributed by atoms with E-state index in [1.54, 1.807) is 24.7 Å². The molecule has 108 valence electrons. The molecule has 0 fully saturated rings. The van der Waals surface area contributed by atoms with Gasteiger partial charge in [-0.25, -0.2) is 9.97 Å². The van der Waals surface area contributed by atoms with Crippen LogP contribution in [0.15, 0.2) is 24.7 Å². The number of halogens is 1. The molecule has 0 saturated heterocycles. The summed E-state index contributed by atoms with van der Waals surface area (Å²) in [6.45, 7) is 1.65. The lowest BCUT2D eigenvalue weighted by atomic mass is 10.2. The fourth-order valence-electron chi connectivity index (χ4n) is 1.98. The van der Waals surface area contributed by atoms with Gasteiger partial charge in [0.25, 0.3) is 0 Å². The van der Waals surface area contributed by atoms with E-state index in [0.717, 1.165) is 18.8 Å². The Kier molecular flexibility index (Phi) is 5.05.